The number of aromatic nitrogens is 1. The molecule has 0 aromatic carbocycles. The molecular formula is C10H15N3O. The van der Waals surface area contributed by atoms with Crippen molar-refractivity contribution in [3.8, 4) is 0 Å². The van der Waals surface area contributed by atoms with Crippen LogP contribution >= 0.6 is 0 Å². The van der Waals surface area contributed by atoms with Gasteiger partial charge in [0.25, 0.3) is 0 Å². The number of pyridine rings is 1. The zero-order chi connectivity index (χ0) is 10.6. The number of nitrogens with zero attached hydrogens (tertiary/aromatic N) is 1. The summed E-state index contributed by atoms with van der Waals surface area (Å²) < 4.78 is 0. The highest BCUT2D eigenvalue weighted by molar-refractivity contribution is 5.80. The number of rotatable bonds is 3. The van der Waals surface area contributed by atoms with Crippen LogP contribution in [0.15, 0.2) is 18.5 Å². The molecule has 0 fully saturated rings. The summed E-state index contributed by atoms with van der Waals surface area (Å²) in [6.45, 7) is 4.10. The molecule has 0 radical (unpaired) electrons. The Morgan fingerprint density at radius 1 is 1.64 bits per heavy atom. The molecule has 0 aliphatic heterocycles. The molecule has 1 rings (SSSR count). The van der Waals surface area contributed by atoms with Gasteiger partial charge in [-0.1, -0.05) is 6.07 Å². The Labute approximate surface area is 83.5 Å². The van der Waals surface area contributed by atoms with Crippen molar-refractivity contribution in [2.45, 2.75) is 26.4 Å². The fraction of sp³-hybridized carbons (Fsp3) is 0.400. The lowest BCUT2D eigenvalue weighted by Crippen LogP contribution is -2.37. The van der Waals surface area contributed by atoms with E-state index in [9.17, 15) is 4.79 Å². The Morgan fingerprint density at radius 3 is 2.93 bits per heavy atom. The lowest BCUT2D eigenvalue weighted by Gasteiger charge is -2.07. The van der Waals surface area contributed by atoms with Gasteiger partial charge in [0, 0.05) is 18.9 Å². The van der Waals surface area contributed by atoms with Crippen molar-refractivity contribution in [2.75, 3.05) is 0 Å². The molecule has 4 nitrogen and oxygen atoms in total. The Morgan fingerprint density at radius 2 is 2.36 bits per heavy atom. The maximum absolute atomic E-state index is 11.1. The fourth-order valence-electron chi connectivity index (χ4n) is 1.06. The molecule has 1 amide bonds. The van der Waals surface area contributed by atoms with Crippen LogP contribution in [0.4, 0.5) is 0 Å². The number of amides is 1. The van der Waals surface area contributed by atoms with E-state index in [4.69, 9.17) is 5.73 Å². The van der Waals surface area contributed by atoms with E-state index in [1.807, 2.05) is 13.0 Å². The zero-order valence-electron chi connectivity index (χ0n) is 8.45. The third-order valence-corrected chi connectivity index (χ3v) is 1.81. The van der Waals surface area contributed by atoms with Gasteiger partial charge in [0.1, 0.15) is 0 Å². The van der Waals surface area contributed by atoms with E-state index in [-0.39, 0.29) is 5.91 Å². The van der Waals surface area contributed by atoms with E-state index >= 15 is 0 Å². The molecule has 1 atom stereocenters. The Balaban J connectivity index is 2.50. The highest BCUT2D eigenvalue weighted by Gasteiger charge is 2.05. The summed E-state index contributed by atoms with van der Waals surface area (Å²) in [6, 6.07) is 1.52. The minimum Gasteiger partial charge on any atom is -0.351 e. The van der Waals surface area contributed by atoms with Crippen molar-refractivity contribution in [2.24, 2.45) is 5.73 Å². The maximum atomic E-state index is 11.1. The number of carbonyl (C=O) groups excluding carboxylic acids is 1. The molecule has 4 heteroatoms. The third kappa shape index (κ3) is 3.14. The van der Waals surface area contributed by atoms with Gasteiger partial charge in [-0.25, -0.2) is 0 Å². The van der Waals surface area contributed by atoms with Crippen LogP contribution in [0.1, 0.15) is 18.1 Å². The summed E-state index contributed by atoms with van der Waals surface area (Å²) in [5, 5.41) is 2.72. The molecule has 0 aliphatic rings. The topological polar surface area (TPSA) is 68.0 Å². The number of carbonyl (C=O) groups is 1. The predicted octanol–water partition coefficient (Wildman–Crippen LogP) is 0.353. The lowest BCUT2D eigenvalue weighted by atomic mass is 10.2. The molecule has 0 bridgehead atoms. The number of hydrogen-bond acceptors (Lipinski definition) is 3. The molecule has 0 spiro atoms. The van der Waals surface area contributed by atoms with Crippen molar-refractivity contribution in [3.63, 3.8) is 0 Å². The third-order valence-electron chi connectivity index (χ3n) is 1.81. The predicted molar refractivity (Wildman–Crippen MR) is 54.5 cm³/mol. The SMILES string of the molecule is Cc1cncc(CNC(=O)[C@@H](C)N)c1. The Kier molecular flexibility index (Phi) is 3.59. The van der Waals surface area contributed by atoms with Crippen LogP contribution in [0.2, 0.25) is 0 Å². The second-order valence-electron chi connectivity index (χ2n) is 3.38. The molecule has 1 heterocycles. The van der Waals surface area contributed by atoms with E-state index in [2.05, 4.69) is 10.3 Å². The average molecular weight is 193 g/mol. The van der Waals surface area contributed by atoms with Crippen LogP contribution in [0.3, 0.4) is 0 Å². The number of aryl methyl sites for hydroxylation is 1. The fourth-order valence-corrected chi connectivity index (χ4v) is 1.06. The van der Waals surface area contributed by atoms with Crippen molar-refractivity contribution in [1.82, 2.24) is 10.3 Å². The van der Waals surface area contributed by atoms with Crippen LogP contribution in [0.25, 0.3) is 0 Å². The molecule has 0 aliphatic carbocycles. The van der Waals surface area contributed by atoms with Crippen LogP contribution in [-0.2, 0) is 11.3 Å². The first-order valence-corrected chi connectivity index (χ1v) is 4.53. The molecule has 0 saturated carbocycles. The second-order valence-corrected chi connectivity index (χ2v) is 3.38. The Bertz CT molecular complexity index is 323. The lowest BCUT2D eigenvalue weighted by molar-refractivity contribution is -0.122. The first kappa shape index (κ1) is 10.7. The van der Waals surface area contributed by atoms with Crippen molar-refractivity contribution < 1.29 is 4.79 Å². The van der Waals surface area contributed by atoms with Crippen LogP contribution in [0.5, 0.6) is 0 Å². The molecule has 0 saturated heterocycles. The summed E-state index contributed by atoms with van der Waals surface area (Å²) in [5.41, 5.74) is 7.47. The molecule has 76 valence electrons. The molecule has 14 heavy (non-hydrogen) atoms. The Hall–Kier alpha value is -1.42. The van der Waals surface area contributed by atoms with Gasteiger partial charge in [-0.3, -0.25) is 9.78 Å². The average Bonchev–Trinajstić information content (AvgIpc) is 2.14. The van der Waals surface area contributed by atoms with Gasteiger partial charge in [-0.15, -0.1) is 0 Å². The summed E-state index contributed by atoms with van der Waals surface area (Å²) in [4.78, 5) is 15.2. The number of nitrogens with one attached hydrogen (secondary N) is 1. The van der Waals surface area contributed by atoms with E-state index < -0.39 is 6.04 Å². The first-order valence-electron chi connectivity index (χ1n) is 4.53. The summed E-state index contributed by atoms with van der Waals surface area (Å²) >= 11 is 0. The minimum atomic E-state index is -0.465. The first-order chi connectivity index (χ1) is 6.59. The summed E-state index contributed by atoms with van der Waals surface area (Å²) in [6.07, 6.45) is 3.51. The minimum absolute atomic E-state index is 0.147. The highest BCUT2D eigenvalue weighted by atomic mass is 16.2. The van der Waals surface area contributed by atoms with Crippen molar-refractivity contribution in [1.29, 1.82) is 0 Å². The van der Waals surface area contributed by atoms with Gasteiger partial charge in [0.05, 0.1) is 6.04 Å². The van der Waals surface area contributed by atoms with Crippen molar-refractivity contribution >= 4 is 5.91 Å². The highest BCUT2D eigenvalue weighted by Crippen LogP contribution is 2.00. The monoisotopic (exact) mass is 193 g/mol. The van der Waals surface area contributed by atoms with Gasteiger partial charge >= 0.3 is 0 Å². The summed E-state index contributed by atoms with van der Waals surface area (Å²) in [5.74, 6) is -0.147. The smallest absolute Gasteiger partial charge is 0.236 e. The maximum Gasteiger partial charge on any atom is 0.236 e. The van der Waals surface area contributed by atoms with Crippen LogP contribution in [-0.4, -0.2) is 16.9 Å². The van der Waals surface area contributed by atoms with E-state index in [0.717, 1.165) is 11.1 Å². The zero-order valence-corrected chi connectivity index (χ0v) is 8.45. The number of nitrogens with two attached hydrogens (primary N) is 1. The van der Waals surface area contributed by atoms with Gasteiger partial charge in [0.15, 0.2) is 0 Å². The quantitative estimate of drug-likeness (QED) is 0.728. The van der Waals surface area contributed by atoms with E-state index in [1.165, 1.54) is 0 Å². The normalized spacial score (nSPS) is 12.2. The van der Waals surface area contributed by atoms with E-state index in [1.54, 1.807) is 19.3 Å². The molecule has 1 aromatic rings. The molecular weight excluding hydrogens is 178 g/mol. The van der Waals surface area contributed by atoms with Gasteiger partial charge in [0.2, 0.25) is 5.91 Å². The van der Waals surface area contributed by atoms with E-state index in [0.29, 0.717) is 6.54 Å². The summed E-state index contributed by atoms with van der Waals surface area (Å²) in [7, 11) is 0. The van der Waals surface area contributed by atoms with Crippen LogP contribution < -0.4 is 11.1 Å². The van der Waals surface area contributed by atoms with Gasteiger partial charge in [-0.05, 0) is 25.0 Å². The van der Waals surface area contributed by atoms with Gasteiger partial charge < -0.3 is 11.1 Å². The molecule has 3 N–H and O–H groups in total. The molecule has 1 aromatic heterocycles. The largest absolute Gasteiger partial charge is 0.351 e. The second kappa shape index (κ2) is 4.72. The van der Waals surface area contributed by atoms with Crippen LogP contribution in [0, 0.1) is 6.92 Å². The van der Waals surface area contributed by atoms with Crippen molar-refractivity contribution in [3.05, 3.63) is 29.6 Å². The number of hydrogen-bond donors (Lipinski definition) is 2. The molecule has 0 unspecified atom stereocenters. The standard InChI is InChI=1S/C10H15N3O/c1-7-3-9(5-12-4-7)6-13-10(14)8(2)11/h3-5,8H,6,11H2,1-2H3,(H,13,14)/t8-/m1/s1. The van der Waals surface area contributed by atoms with Gasteiger partial charge in [-0.2, -0.15) is 0 Å².